The zero-order valence-electron chi connectivity index (χ0n) is 11.0. The second-order valence-electron chi connectivity index (χ2n) is 4.29. The van der Waals surface area contributed by atoms with Gasteiger partial charge in [-0.1, -0.05) is 23.7 Å². The molecule has 0 aliphatic rings. The number of thioether (sulfide) groups is 1. The van der Waals surface area contributed by atoms with Crippen LogP contribution in [0.4, 0.5) is 5.69 Å². The predicted octanol–water partition coefficient (Wildman–Crippen LogP) is 3.76. The van der Waals surface area contributed by atoms with E-state index in [1.165, 1.54) is 11.8 Å². The third-order valence-electron chi connectivity index (χ3n) is 2.83. The van der Waals surface area contributed by atoms with Gasteiger partial charge in [0.15, 0.2) is 0 Å². The van der Waals surface area contributed by atoms with Crippen molar-refractivity contribution in [3.63, 3.8) is 0 Å². The number of rotatable bonds is 5. The molecule has 0 saturated heterocycles. The fraction of sp³-hybridized carbons (Fsp3) is 0.200. The van der Waals surface area contributed by atoms with Crippen LogP contribution in [0.3, 0.4) is 0 Å². The Morgan fingerprint density at radius 3 is 2.80 bits per heavy atom. The number of halogens is 1. The lowest BCUT2D eigenvalue weighted by atomic mass is 10.1. The molecule has 5 heteroatoms. The summed E-state index contributed by atoms with van der Waals surface area (Å²) in [5.41, 5.74) is 7.10. The zero-order valence-corrected chi connectivity index (χ0v) is 12.6. The standard InChI is InChI=1S/C15H16ClNO2S/c1-19-12-4-2-3-10(7-12)14(18)9-20-15-6-5-11(17)8-13(15)16/h2-8,14,18H,9,17H2,1H3. The fourth-order valence-electron chi connectivity index (χ4n) is 1.75. The van der Waals surface area contributed by atoms with Gasteiger partial charge < -0.3 is 15.6 Å². The molecular weight excluding hydrogens is 294 g/mol. The van der Waals surface area contributed by atoms with Gasteiger partial charge in [0.2, 0.25) is 0 Å². The molecule has 1 atom stereocenters. The molecule has 1 unspecified atom stereocenters. The highest BCUT2D eigenvalue weighted by Gasteiger charge is 2.10. The molecule has 0 fully saturated rings. The van der Waals surface area contributed by atoms with Gasteiger partial charge in [0.1, 0.15) is 5.75 Å². The zero-order chi connectivity index (χ0) is 14.5. The van der Waals surface area contributed by atoms with Gasteiger partial charge in [0.05, 0.1) is 18.2 Å². The van der Waals surface area contributed by atoms with E-state index in [9.17, 15) is 5.11 Å². The minimum absolute atomic E-state index is 0.511. The molecule has 0 heterocycles. The van der Waals surface area contributed by atoms with E-state index < -0.39 is 6.10 Å². The summed E-state index contributed by atoms with van der Waals surface area (Å²) in [6, 6.07) is 12.8. The Labute approximate surface area is 127 Å². The molecule has 2 aromatic carbocycles. The Balaban J connectivity index is 2.02. The Bertz CT molecular complexity index is 592. The topological polar surface area (TPSA) is 55.5 Å². The summed E-state index contributed by atoms with van der Waals surface area (Å²) in [6.07, 6.45) is -0.580. The van der Waals surface area contributed by atoms with E-state index in [0.29, 0.717) is 16.5 Å². The first-order valence-corrected chi connectivity index (χ1v) is 7.46. The molecule has 0 amide bonds. The van der Waals surface area contributed by atoms with E-state index >= 15 is 0 Å². The van der Waals surface area contributed by atoms with Crippen molar-refractivity contribution in [3.8, 4) is 5.75 Å². The van der Waals surface area contributed by atoms with Crippen molar-refractivity contribution in [2.75, 3.05) is 18.6 Å². The van der Waals surface area contributed by atoms with Crippen molar-refractivity contribution < 1.29 is 9.84 Å². The average Bonchev–Trinajstić information content (AvgIpc) is 2.46. The van der Waals surface area contributed by atoms with E-state index in [1.54, 1.807) is 19.2 Å². The Morgan fingerprint density at radius 2 is 2.10 bits per heavy atom. The minimum Gasteiger partial charge on any atom is -0.497 e. The van der Waals surface area contributed by atoms with E-state index in [4.69, 9.17) is 22.1 Å². The highest BCUT2D eigenvalue weighted by atomic mass is 35.5. The molecule has 0 aromatic heterocycles. The van der Waals surface area contributed by atoms with Gasteiger partial charge in [0, 0.05) is 16.3 Å². The minimum atomic E-state index is -0.580. The third kappa shape index (κ3) is 3.82. The van der Waals surface area contributed by atoms with Gasteiger partial charge in [-0.2, -0.15) is 0 Å². The van der Waals surface area contributed by atoms with Crippen LogP contribution in [0.1, 0.15) is 11.7 Å². The lowest BCUT2D eigenvalue weighted by Crippen LogP contribution is -2.01. The first-order valence-electron chi connectivity index (χ1n) is 6.10. The maximum atomic E-state index is 10.2. The monoisotopic (exact) mass is 309 g/mol. The summed E-state index contributed by atoms with van der Waals surface area (Å²) >= 11 is 7.60. The molecule has 0 bridgehead atoms. The maximum Gasteiger partial charge on any atom is 0.119 e. The lowest BCUT2D eigenvalue weighted by molar-refractivity contribution is 0.203. The summed E-state index contributed by atoms with van der Waals surface area (Å²) in [6.45, 7) is 0. The smallest absolute Gasteiger partial charge is 0.119 e. The lowest BCUT2D eigenvalue weighted by Gasteiger charge is -2.12. The highest BCUT2D eigenvalue weighted by molar-refractivity contribution is 7.99. The van der Waals surface area contributed by atoms with E-state index in [-0.39, 0.29) is 0 Å². The molecule has 3 N–H and O–H groups in total. The van der Waals surface area contributed by atoms with Crippen molar-refractivity contribution in [1.29, 1.82) is 0 Å². The molecule has 2 rings (SSSR count). The number of anilines is 1. The number of hydrogen-bond donors (Lipinski definition) is 2. The Morgan fingerprint density at radius 1 is 1.30 bits per heavy atom. The van der Waals surface area contributed by atoms with Crippen LogP contribution in [0.2, 0.25) is 5.02 Å². The van der Waals surface area contributed by atoms with E-state index in [1.807, 2.05) is 30.3 Å². The number of methoxy groups -OCH3 is 1. The van der Waals surface area contributed by atoms with Crippen LogP contribution >= 0.6 is 23.4 Å². The van der Waals surface area contributed by atoms with Crippen LogP contribution in [0.15, 0.2) is 47.4 Å². The summed E-state index contributed by atoms with van der Waals surface area (Å²) in [7, 11) is 1.61. The molecular formula is C15H16ClNO2S. The normalized spacial score (nSPS) is 12.2. The molecule has 20 heavy (non-hydrogen) atoms. The first kappa shape index (κ1) is 15.0. The SMILES string of the molecule is COc1cccc(C(O)CSc2ccc(N)cc2Cl)c1. The van der Waals surface area contributed by atoms with E-state index in [0.717, 1.165) is 16.2 Å². The van der Waals surface area contributed by atoms with Gasteiger partial charge >= 0.3 is 0 Å². The molecule has 106 valence electrons. The Kier molecular flexibility index (Phi) is 5.17. The Hall–Kier alpha value is -1.36. The number of aliphatic hydroxyl groups excluding tert-OH is 1. The predicted molar refractivity (Wildman–Crippen MR) is 84.5 cm³/mol. The molecule has 0 spiro atoms. The number of aliphatic hydroxyl groups is 1. The van der Waals surface area contributed by atoms with Crippen LogP contribution in [-0.2, 0) is 0 Å². The number of nitrogens with two attached hydrogens (primary N) is 1. The van der Waals surface area contributed by atoms with Crippen LogP contribution in [0.25, 0.3) is 0 Å². The molecule has 2 aromatic rings. The van der Waals surface area contributed by atoms with Gasteiger partial charge in [-0.3, -0.25) is 0 Å². The number of ether oxygens (including phenoxy) is 1. The van der Waals surface area contributed by atoms with E-state index in [2.05, 4.69) is 0 Å². The van der Waals surface area contributed by atoms with Gasteiger partial charge in [0.25, 0.3) is 0 Å². The number of nitrogen functional groups attached to an aromatic ring is 1. The van der Waals surface area contributed by atoms with Crippen LogP contribution in [0.5, 0.6) is 5.75 Å². The molecule has 0 aliphatic carbocycles. The number of benzene rings is 2. The molecule has 0 radical (unpaired) electrons. The number of hydrogen-bond acceptors (Lipinski definition) is 4. The maximum absolute atomic E-state index is 10.2. The highest BCUT2D eigenvalue weighted by Crippen LogP contribution is 2.32. The second-order valence-corrected chi connectivity index (χ2v) is 5.76. The first-order chi connectivity index (χ1) is 9.60. The second kappa shape index (κ2) is 6.88. The summed E-state index contributed by atoms with van der Waals surface area (Å²) < 4.78 is 5.15. The van der Waals surface area contributed by atoms with Crippen molar-refractivity contribution in [3.05, 3.63) is 53.1 Å². The van der Waals surface area contributed by atoms with Crippen molar-refractivity contribution in [2.24, 2.45) is 0 Å². The summed E-state index contributed by atoms with van der Waals surface area (Å²) in [4.78, 5) is 0.905. The van der Waals surface area contributed by atoms with Crippen molar-refractivity contribution >= 4 is 29.1 Å². The molecule has 3 nitrogen and oxygen atoms in total. The van der Waals surface area contributed by atoms with Gasteiger partial charge in [-0.25, -0.2) is 0 Å². The third-order valence-corrected chi connectivity index (χ3v) is 4.41. The van der Waals surface area contributed by atoms with Crippen molar-refractivity contribution in [2.45, 2.75) is 11.0 Å². The summed E-state index contributed by atoms with van der Waals surface area (Å²) in [5, 5.41) is 10.8. The average molecular weight is 310 g/mol. The molecule has 0 aliphatic heterocycles. The van der Waals surface area contributed by atoms with Crippen molar-refractivity contribution in [1.82, 2.24) is 0 Å². The molecule has 0 saturated carbocycles. The van der Waals surface area contributed by atoms with Crippen LogP contribution in [-0.4, -0.2) is 18.0 Å². The van der Waals surface area contributed by atoms with Gasteiger partial charge in [-0.15, -0.1) is 11.8 Å². The summed E-state index contributed by atoms with van der Waals surface area (Å²) in [5.74, 6) is 1.24. The fourth-order valence-corrected chi connectivity index (χ4v) is 2.99. The largest absolute Gasteiger partial charge is 0.497 e. The van der Waals surface area contributed by atoms with Crippen LogP contribution in [0, 0.1) is 0 Å². The van der Waals surface area contributed by atoms with Gasteiger partial charge in [-0.05, 0) is 35.9 Å². The van der Waals surface area contributed by atoms with Crippen LogP contribution < -0.4 is 10.5 Å². The quantitative estimate of drug-likeness (QED) is 0.652.